The fourth-order valence-corrected chi connectivity index (χ4v) is 2.60. The third-order valence-corrected chi connectivity index (χ3v) is 4.38. The molecular formula is C21H34N2O4. The number of benzene rings is 1. The molecule has 1 rings (SSSR count). The van der Waals surface area contributed by atoms with E-state index in [0.717, 1.165) is 25.9 Å². The summed E-state index contributed by atoms with van der Waals surface area (Å²) in [6.45, 7) is 9.67. The molecule has 1 N–H and O–H groups in total. The largest absolute Gasteiger partial charge is 0.462 e. The summed E-state index contributed by atoms with van der Waals surface area (Å²) in [4.78, 5) is 26.0. The van der Waals surface area contributed by atoms with Crippen LogP contribution in [0.5, 0.6) is 0 Å². The summed E-state index contributed by atoms with van der Waals surface area (Å²) in [7, 11) is 0. The van der Waals surface area contributed by atoms with E-state index in [0.29, 0.717) is 31.0 Å². The van der Waals surface area contributed by atoms with Crippen molar-refractivity contribution in [3.8, 4) is 0 Å². The van der Waals surface area contributed by atoms with Crippen LogP contribution in [0.15, 0.2) is 24.3 Å². The van der Waals surface area contributed by atoms with E-state index in [9.17, 15) is 9.59 Å². The highest BCUT2D eigenvalue weighted by atomic mass is 16.5. The second kappa shape index (κ2) is 14.0. The first kappa shape index (κ1) is 23.0. The Morgan fingerprint density at radius 3 is 2.19 bits per heavy atom. The molecule has 1 aromatic carbocycles. The molecule has 0 unspecified atom stereocenters. The van der Waals surface area contributed by atoms with Gasteiger partial charge in [0.15, 0.2) is 0 Å². The summed E-state index contributed by atoms with van der Waals surface area (Å²) >= 11 is 0. The first-order chi connectivity index (χ1) is 13.1. The fraction of sp³-hybridized carbons (Fsp3) is 0.619. The maximum absolute atomic E-state index is 12.0. The molecule has 0 bridgehead atoms. The van der Waals surface area contributed by atoms with Crippen molar-refractivity contribution in [2.45, 2.75) is 52.9 Å². The van der Waals surface area contributed by atoms with Crippen molar-refractivity contribution in [3.63, 3.8) is 0 Å². The fourth-order valence-electron chi connectivity index (χ4n) is 2.60. The van der Waals surface area contributed by atoms with Gasteiger partial charge in [-0.25, -0.2) is 9.59 Å². The standard InChI is InChI=1S/C21H34N2O4/c1-4-7-8-9-10-16-26-20(24)18-11-13-19(14-12-18)22-21(25)27-17-15-23(5-2)6-3/h11-14H,4-10,15-17H2,1-3H3,(H,22,25). The van der Waals surface area contributed by atoms with Crippen molar-refractivity contribution in [2.24, 2.45) is 0 Å². The average molecular weight is 379 g/mol. The molecule has 6 nitrogen and oxygen atoms in total. The predicted octanol–water partition coefficient (Wildman–Crippen LogP) is 4.70. The monoisotopic (exact) mass is 378 g/mol. The van der Waals surface area contributed by atoms with Gasteiger partial charge in [0, 0.05) is 12.2 Å². The van der Waals surface area contributed by atoms with E-state index in [-0.39, 0.29) is 5.97 Å². The Morgan fingerprint density at radius 2 is 1.56 bits per heavy atom. The topological polar surface area (TPSA) is 67.9 Å². The van der Waals surface area contributed by atoms with Gasteiger partial charge < -0.3 is 14.4 Å². The van der Waals surface area contributed by atoms with Crippen LogP contribution in [0.1, 0.15) is 63.2 Å². The number of esters is 1. The van der Waals surface area contributed by atoms with Crippen molar-refractivity contribution in [1.29, 1.82) is 0 Å². The van der Waals surface area contributed by atoms with E-state index >= 15 is 0 Å². The summed E-state index contributed by atoms with van der Waals surface area (Å²) < 4.78 is 10.4. The Morgan fingerprint density at radius 1 is 0.889 bits per heavy atom. The van der Waals surface area contributed by atoms with Crippen LogP contribution in [-0.2, 0) is 9.47 Å². The number of carbonyl (C=O) groups is 2. The number of amides is 1. The lowest BCUT2D eigenvalue weighted by molar-refractivity contribution is 0.0497. The third kappa shape index (κ3) is 9.99. The molecule has 27 heavy (non-hydrogen) atoms. The molecule has 0 aliphatic carbocycles. The van der Waals surface area contributed by atoms with Crippen molar-refractivity contribution in [1.82, 2.24) is 4.90 Å². The zero-order valence-electron chi connectivity index (χ0n) is 17.0. The number of carbonyl (C=O) groups excluding carboxylic acids is 2. The molecule has 0 aliphatic rings. The van der Waals surface area contributed by atoms with E-state index < -0.39 is 6.09 Å². The van der Waals surface area contributed by atoms with E-state index in [2.05, 4.69) is 31.0 Å². The van der Waals surface area contributed by atoms with E-state index in [1.807, 2.05) is 0 Å². The SMILES string of the molecule is CCCCCCCOC(=O)c1ccc(NC(=O)OCCN(CC)CC)cc1. The zero-order valence-corrected chi connectivity index (χ0v) is 17.0. The summed E-state index contributed by atoms with van der Waals surface area (Å²) in [6, 6.07) is 6.63. The first-order valence-corrected chi connectivity index (χ1v) is 10.0. The summed E-state index contributed by atoms with van der Waals surface area (Å²) in [5.41, 5.74) is 1.06. The van der Waals surface area contributed by atoms with Crippen molar-refractivity contribution in [2.75, 3.05) is 38.2 Å². The molecular weight excluding hydrogens is 344 g/mol. The van der Waals surface area contributed by atoms with Crippen LogP contribution < -0.4 is 5.32 Å². The minimum absolute atomic E-state index is 0.334. The number of hydrogen-bond acceptors (Lipinski definition) is 5. The van der Waals surface area contributed by atoms with E-state index in [4.69, 9.17) is 9.47 Å². The second-order valence-electron chi connectivity index (χ2n) is 6.42. The molecule has 1 amide bonds. The highest BCUT2D eigenvalue weighted by Gasteiger charge is 2.09. The zero-order chi connectivity index (χ0) is 19.9. The smallest absolute Gasteiger partial charge is 0.411 e. The molecule has 0 saturated carbocycles. The molecule has 0 aliphatic heterocycles. The number of anilines is 1. The van der Waals surface area contributed by atoms with E-state index in [1.165, 1.54) is 19.3 Å². The van der Waals surface area contributed by atoms with Gasteiger partial charge in [0.05, 0.1) is 12.2 Å². The van der Waals surface area contributed by atoms with Gasteiger partial charge in [-0.05, 0) is 43.8 Å². The lowest BCUT2D eigenvalue weighted by atomic mass is 10.2. The van der Waals surface area contributed by atoms with Gasteiger partial charge in [-0.1, -0.05) is 46.5 Å². The Balaban J connectivity index is 2.29. The summed E-state index contributed by atoms with van der Waals surface area (Å²) in [5.74, 6) is -0.334. The number of likely N-dealkylation sites (N-methyl/N-ethyl adjacent to an activating group) is 1. The first-order valence-electron chi connectivity index (χ1n) is 10.0. The Hall–Kier alpha value is -2.08. The predicted molar refractivity (Wildman–Crippen MR) is 108 cm³/mol. The normalized spacial score (nSPS) is 10.7. The number of unbranched alkanes of at least 4 members (excludes halogenated alkanes) is 4. The highest BCUT2D eigenvalue weighted by Crippen LogP contribution is 2.11. The quantitative estimate of drug-likeness (QED) is 0.398. The van der Waals surface area contributed by atoms with Gasteiger partial charge >= 0.3 is 12.1 Å². The van der Waals surface area contributed by atoms with Gasteiger partial charge in [0.2, 0.25) is 0 Å². The van der Waals surface area contributed by atoms with Crippen LogP contribution >= 0.6 is 0 Å². The van der Waals surface area contributed by atoms with Crippen LogP contribution in [0.4, 0.5) is 10.5 Å². The molecule has 0 saturated heterocycles. The molecule has 0 heterocycles. The van der Waals surface area contributed by atoms with Gasteiger partial charge in [-0.2, -0.15) is 0 Å². The molecule has 0 atom stereocenters. The minimum Gasteiger partial charge on any atom is -0.462 e. The molecule has 0 aromatic heterocycles. The van der Waals surface area contributed by atoms with Crippen LogP contribution in [0.25, 0.3) is 0 Å². The van der Waals surface area contributed by atoms with Gasteiger partial charge in [-0.3, -0.25) is 5.32 Å². The van der Waals surface area contributed by atoms with Gasteiger partial charge in [0.25, 0.3) is 0 Å². The molecule has 0 radical (unpaired) electrons. The highest BCUT2D eigenvalue weighted by molar-refractivity contribution is 5.91. The molecule has 1 aromatic rings. The summed E-state index contributed by atoms with van der Waals surface area (Å²) in [6.07, 6.45) is 5.08. The van der Waals surface area contributed by atoms with Crippen LogP contribution in [-0.4, -0.2) is 49.8 Å². The van der Waals surface area contributed by atoms with Crippen LogP contribution in [0, 0.1) is 0 Å². The number of hydrogen-bond donors (Lipinski definition) is 1. The molecule has 6 heteroatoms. The van der Waals surface area contributed by atoms with Crippen molar-refractivity contribution < 1.29 is 19.1 Å². The average Bonchev–Trinajstić information content (AvgIpc) is 2.68. The van der Waals surface area contributed by atoms with Gasteiger partial charge in [-0.15, -0.1) is 0 Å². The number of nitrogens with zero attached hydrogens (tertiary/aromatic N) is 1. The van der Waals surface area contributed by atoms with Crippen LogP contribution in [0.3, 0.4) is 0 Å². The number of rotatable bonds is 13. The summed E-state index contributed by atoms with van der Waals surface area (Å²) in [5, 5.41) is 2.66. The lowest BCUT2D eigenvalue weighted by Gasteiger charge is -2.17. The minimum atomic E-state index is -0.496. The Labute approximate surface area is 163 Å². The molecule has 0 fully saturated rings. The van der Waals surface area contributed by atoms with Gasteiger partial charge in [0.1, 0.15) is 6.61 Å². The number of ether oxygens (including phenoxy) is 2. The molecule has 152 valence electrons. The Kier molecular flexibility index (Phi) is 11.9. The Bertz CT molecular complexity index is 542. The number of nitrogens with one attached hydrogen (secondary N) is 1. The van der Waals surface area contributed by atoms with Crippen LogP contribution in [0.2, 0.25) is 0 Å². The molecule has 0 spiro atoms. The maximum Gasteiger partial charge on any atom is 0.411 e. The van der Waals surface area contributed by atoms with E-state index in [1.54, 1.807) is 24.3 Å². The van der Waals surface area contributed by atoms with Crippen molar-refractivity contribution in [3.05, 3.63) is 29.8 Å². The maximum atomic E-state index is 12.0. The lowest BCUT2D eigenvalue weighted by Crippen LogP contribution is -2.28. The second-order valence-corrected chi connectivity index (χ2v) is 6.42. The third-order valence-electron chi connectivity index (χ3n) is 4.38. The van der Waals surface area contributed by atoms with Crippen molar-refractivity contribution >= 4 is 17.7 Å².